The average molecular weight is 273 g/mol. The van der Waals surface area contributed by atoms with Gasteiger partial charge in [0.25, 0.3) is 5.91 Å². The van der Waals surface area contributed by atoms with Gasteiger partial charge in [0.15, 0.2) is 0 Å². The lowest BCUT2D eigenvalue weighted by molar-refractivity contribution is 0.0501. The third kappa shape index (κ3) is 2.45. The number of rotatable bonds is 2. The molecule has 2 aliphatic rings. The van der Waals surface area contributed by atoms with E-state index in [0.29, 0.717) is 6.04 Å². The second-order valence-electron chi connectivity index (χ2n) is 5.89. The van der Waals surface area contributed by atoms with E-state index in [2.05, 4.69) is 23.2 Å². The molecule has 2 fully saturated rings. The fourth-order valence-corrected chi connectivity index (χ4v) is 2.97. The predicted octanol–water partition coefficient (Wildman–Crippen LogP) is 1.03. The molecule has 2 saturated heterocycles. The average Bonchev–Trinajstić information content (AvgIpc) is 2.40. The minimum absolute atomic E-state index is 0.192. The Labute approximate surface area is 120 Å². The molecule has 2 aliphatic heterocycles. The van der Waals surface area contributed by atoms with Crippen LogP contribution in [0.5, 0.6) is 0 Å². The lowest BCUT2D eigenvalue weighted by Crippen LogP contribution is -2.62. The summed E-state index contributed by atoms with van der Waals surface area (Å²) in [5.74, 6) is 0.192. The van der Waals surface area contributed by atoms with Crippen LogP contribution in [0, 0.1) is 13.8 Å². The summed E-state index contributed by atoms with van der Waals surface area (Å²) in [6.07, 6.45) is 0. The van der Waals surface area contributed by atoms with Crippen molar-refractivity contribution in [2.75, 3.05) is 39.3 Å². The van der Waals surface area contributed by atoms with Crippen molar-refractivity contribution in [2.24, 2.45) is 0 Å². The third-order valence-corrected chi connectivity index (χ3v) is 4.71. The molecular weight excluding hydrogens is 250 g/mol. The van der Waals surface area contributed by atoms with Crippen LogP contribution < -0.4 is 5.32 Å². The molecular formula is C16H23N3O. The largest absolute Gasteiger partial charge is 0.336 e. The van der Waals surface area contributed by atoms with E-state index in [-0.39, 0.29) is 5.91 Å². The molecule has 1 amide bonds. The minimum atomic E-state index is 0.192. The smallest absolute Gasteiger partial charge is 0.254 e. The van der Waals surface area contributed by atoms with Crippen LogP contribution in [0.1, 0.15) is 21.5 Å². The van der Waals surface area contributed by atoms with Crippen LogP contribution in [0.3, 0.4) is 0 Å². The lowest BCUT2D eigenvalue weighted by Gasteiger charge is -2.43. The van der Waals surface area contributed by atoms with Crippen LogP contribution in [0.25, 0.3) is 0 Å². The Morgan fingerprint density at radius 1 is 1.15 bits per heavy atom. The zero-order chi connectivity index (χ0) is 14.1. The van der Waals surface area contributed by atoms with Crippen molar-refractivity contribution in [3.8, 4) is 0 Å². The molecule has 1 aromatic carbocycles. The highest BCUT2D eigenvalue weighted by Gasteiger charge is 2.29. The molecule has 1 N–H and O–H groups in total. The van der Waals surface area contributed by atoms with Gasteiger partial charge in [-0.3, -0.25) is 9.69 Å². The van der Waals surface area contributed by atoms with Gasteiger partial charge in [-0.25, -0.2) is 0 Å². The Morgan fingerprint density at radius 3 is 2.45 bits per heavy atom. The van der Waals surface area contributed by atoms with Gasteiger partial charge in [-0.15, -0.1) is 0 Å². The first kappa shape index (κ1) is 13.6. The standard InChI is InChI=1S/C16H23N3O/c1-12-4-3-5-15(13(12)2)16(20)19-8-6-18(7-9-19)14-10-17-11-14/h3-5,14,17H,6-11H2,1-2H3. The van der Waals surface area contributed by atoms with E-state index in [4.69, 9.17) is 0 Å². The predicted molar refractivity (Wildman–Crippen MR) is 80.1 cm³/mol. The first-order valence-corrected chi connectivity index (χ1v) is 7.47. The molecule has 0 radical (unpaired) electrons. The highest BCUT2D eigenvalue weighted by molar-refractivity contribution is 5.96. The summed E-state index contributed by atoms with van der Waals surface area (Å²) in [4.78, 5) is 17.1. The zero-order valence-electron chi connectivity index (χ0n) is 12.4. The van der Waals surface area contributed by atoms with Gasteiger partial charge in [0, 0.05) is 50.9 Å². The quantitative estimate of drug-likeness (QED) is 0.874. The van der Waals surface area contributed by atoms with Crippen molar-refractivity contribution in [1.82, 2.24) is 15.1 Å². The van der Waals surface area contributed by atoms with Crippen molar-refractivity contribution in [3.63, 3.8) is 0 Å². The fourth-order valence-electron chi connectivity index (χ4n) is 2.97. The third-order valence-electron chi connectivity index (χ3n) is 4.71. The maximum absolute atomic E-state index is 12.6. The topological polar surface area (TPSA) is 35.6 Å². The molecule has 4 heteroatoms. The normalized spacial score (nSPS) is 20.8. The maximum atomic E-state index is 12.6. The molecule has 0 aliphatic carbocycles. The van der Waals surface area contributed by atoms with E-state index in [0.717, 1.165) is 50.4 Å². The summed E-state index contributed by atoms with van der Waals surface area (Å²) < 4.78 is 0. The van der Waals surface area contributed by atoms with Crippen molar-refractivity contribution < 1.29 is 4.79 Å². The van der Waals surface area contributed by atoms with Crippen LogP contribution in [0.15, 0.2) is 18.2 Å². The monoisotopic (exact) mass is 273 g/mol. The van der Waals surface area contributed by atoms with Crippen LogP contribution in [0.4, 0.5) is 0 Å². The zero-order valence-corrected chi connectivity index (χ0v) is 12.4. The lowest BCUT2D eigenvalue weighted by atomic mass is 10.0. The fraction of sp³-hybridized carbons (Fsp3) is 0.562. The Hall–Kier alpha value is -1.39. The Bertz CT molecular complexity index is 502. The number of nitrogens with one attached hydrogen (secondary N) is 1. The summed E-state index contributed by atoms with van der Waals surface area (Å²) in [5, 5.41) is 3.31. The maximum Gasteiger partial charge on any atom is 0.254 e. The first-order valence-electron chi connectivity index (χ1n) is 7.47. The molecule has 2 heterocycles. The second-order valence-corrected chi connectivity index (χ2v) is 5.89. The van der Waals surface area contributed by atoms with Gasteiger partial charge in [-0.05, 0) is 31.0 Å². The number of hydrogen-bond acceptors (Lipinski definition) is 3. The van der Waals surface area contributed by atoms with Gasteiger partial charge in [-0.2, -0.15) is 0 Å². The molecule has 0 atom stereocenters. The van der Waals surface area contributed by atoms with E-state index < -0.39 is 0 Å². The summed E-state index contributed by atoms with van der Waals surface area (Å²) >= 11 is 0. The molecule has 0 bridgehead atoms. The van der Waals surface area contributed by atoms with Gasteiger partial charge < -0.3 is 10.2 Å². The number of carbonyl (C=O) groups is 1. The number of benzene rings is 1. The summed E-state index contributed by atoms with van der Waals surface area (Å²) in [7, 11) is 0. The number of nitrogens with zero attached hydrogens (tertiary/aromatic N) is 2. The molecule has 0 spiro atoms. The first-order chi connectivity index (χ1) is 9.66. The van der Waals surface area contributed by atoms with Crippen molar-refractivity contribution in [3.05, 3.63) is 34.9 Å². The molecule has 20 heavy (non-hydrogen) atoms. The van der Waals surface area contributed by atoms with Crippen molar-refractivity contribution in [2.45, 2.75) is 19.9 Å². The number of hydrogen-bond donors (Lipinski definition) is 1. The highest BCUT2D eigenvalue weighted by atomic mass is 16.2. The molecule has 3 rings (SSSR count). The molecule has 1 aromatic rings. The van der Waals surface area contributed by atoms with E-state index in [9.17, 15) is 4.79 Å². The minimum Gasteiger partial charge on any atom is -0.336 e. The van der Waals surface area contributed by atoms with E-state index >= 15 is 0 Å². The number of piperazine rings is 1. The molecule has 108 valence electrons. The SMILES string of the molecule is Cc1cccc(C(=O)N2CCN(C3CNC3)CC2)c1C. The van der Waals surface area contributed by atoms with Crippen LogP contribution in [0.2, 0.25) is 0 Å². The second kappa shape index (κ2) is 5.54. The Morgan fingerprint density at radius 2 is 1.85 bits per heavy atom. The number of carbonyl (C=O) groups excluding carboxylic acids is 1. The molecule has 4 nitrogen and oxygen atoms in total. The van der Waals surface area contributed by atoms with E-state index in [1.165, 1.54) is 5.56 Å². The van der Waals surface area contributed by atoms with Crippen molar-refractivity contribution in [1.29, 1.82) is 0 Å². The summed E-state index contributed by atoms with van der Waals surface area (Å²) in [6, 6.07) is 6.68. The van der Waals surface area contributed by atoms with Gasteiger partial charge in [0.05, 0.1) is 0 Å². The Balaban J connectivity index is 1.65. The van der Waals surface area contributed by atoms with Crippen LogP contribution in [-0.4, -0.2) is 61.0 Å². The van der Waals surface area contributed by atoms with E-state index in [1.54, 1.807) is 0 Å². The number of amides is 1. The number of aryl methyl sites for hydroxylation is 1. The van der Waals surface area contributed by atoms with E-state index in [1.807, 2.05) is 24.0 Å². The summed E-state index contributed by atoms with van der Waals surface area (Å²) in [6.45, 7) is 10.0. The van der Waals surface area contributed by atoms with Crippen molar-refractivity contribution >= 4 is 5.91 Å². The molecule has 0 unspecified atom stereocenters. The molecule has 0 saturated carbocycles. The Kier molecular flexibility index (Phi) is 3.76. The molecule has 0 aromatic heterocycles. The van der Waals surface area contributed by atoms with Gasteiger partial charge in [-0.1, -0.05) is 12.1 Å². The van der Waals surface area contributed by atoms with Crippen LogP contribution >= 0.6 is 0 Å². The van der Waals surface area contributed by atoms with Crippen LogP contribution in [-0.2, 0) is 0 Å². The summed E-state index contributed by atoms with van der Waals surface area (Å²) in [5.41, 5.74) is 3.17. The van der Waals surface area contributed by atoms with Gasteiger partial charge >= 0.3 is 0 Å². The van der Waals surface area contributed by atoms with Gasteiger partial charge in [0.2, 0.25) is 0 Å². The highest BCUT2D eigenvalue weighted by Crippen LogP contribution is 2.17. The van der Waals surface area contributed by atoms with Gasteiger partial charge in [0.1, 0.15) is 0 Å².